The van der Waals surface area contributed by atoms with Crippen LogP contribution in [0.4, 0.5) is 0 Å². The number of guanidine groups is 1. The van der Waals surface area contributed by atoms with E-state index in [2.05, 4.69) is 48.5 Å². The fraction of sp³-hybridized carbons (Fsp3) is 0.588. The van der Waals surface area contributed by atoms with Crippen molar-refractivity contribution in [1.29, 1.82) is 0 Å². The van der Waals surface area contributed by atoms with Crippen LogP contribution in [-0.4, -0.2) is 25.2 Å². The third-order valence-electron chi connectivity index (χ3n) is 3.73. The minimum absolute atomic E-state index is 0.588. The predicted octanol–water partition coefficient (Wildman–Crippen LogP) is 2.86. The molecule has 2 atom stereocenters. The van der Waals surface area contributed by atoms with Gasteiger partial charge in [0.2, 0.25) is 0 Å². The molecule has 2 N–H and O–H groups in total. The molecule has 1 aromatic rings. The van der Waals surface area contributed by atoms with E-state index in [1.165, 1.54) is 17.5 Å². The second kappa shape index (κ2) is 7.34. The zero-order valence-electron chi connectivity index (χ0n) is 13.6. The van der Waals surface area contributed by atoms with Gasteiger partial charge in [0.05, 0.1) is 13.2 Å². The first-order valence-electron chi connectivity index (χ1n) is 7.91. The summed E-state index contributed by atoms with van der Waals surface area (Å²) >= 11 is 0. The molecule has 0 amide bonds. The molecule has 4 heteroatoms. The van der Waals surface area contributed by atoms with Gasteiger partial charge in [0, 0.05) is 12.6 Å². The number of hydrogen-bond acceptors (Lipinski definition) is 2. The highest BCUT2D eigenvalue weighted by Gasteiger charge is 2.33. The van der Waals surface area contributed by atoms with Gasteiger partial charge in [0.1, 0.15) is 5.75 Å². The average Bonchev–Trinajstić information content (AvgIpc) is 3.15. The number of nitrogens with one attached hydrogen (secondary N) is 2. The number of benzene rings is 1. The molecule has 2 unspecified atom stereocenters. The maximum atomic E-state index is 5.57. The first kappa shape index (κ1) is 15.7. The van der Waals surface area contributed by atoms with Crippen molar-refractivity contribution in [2.45, 2.75) is 46.7 Å². The van der Waals surface area contributed by atoms with Crippen molar-refractivity contribution < 1.29 is 4.74 Å². The van der Waals surface area contributed by atoms with Crippen molar-refractivity contribution in [1.82, 2.24) is 10.6 Å². The summed E-state index contributed by atoms with van der Waals surface area (Å²) in [5.41, 5.74) is 2.37. The van der Waals surface area contributed by atoms with E-state index >= 15 is 0 Å². The lowest BCUT2D eigenvalue weighted by Crippen LogP contribution is -2.39. The van der Waals surface area contributed by atoms with Crippen molar-refractivity contribution >= 4 is 5.96 Å². The maximum absolute atomic E-state index is 5.57. The fourth-order valence-corrected chi connectivity index (χ4v) is 2.32. The van der Waals surface area contributed by atoms with Crippen LogP contribution < -0.4 is 15.4 Å². The van der Waals surface area contributed by atoms with Gasteiger partial charge in [-0.2, -0.15) is 0 Å². The van der Waals surface area contributed by atoms with Gasteiger partial charge in [-0.1, -0.05) is 19.1 Å². The third kappa shape index (κ3) is 4.66. The lowest BCUT2D eigenvalue weighted by molar-refractivity contribution is 0.338. The topological polar surface area (TPSA) is 45.7 Å². The van der Waals surface area contributed by atoms with Gasteiger partial charge >= 0.3 is 0 Å². The Labute approximate surface area is 128 Å². The first-order chi connectivity index (χ1) is 10.1. The summed E-state index contributed by atoms with van der Waals surface area (Å²) in [5, 5.41) is 6.78. The van der Waals surface area contributed by atoms with Gasteiger partial charge in [-0.05, 0) is 50.3 Å². The number of nitrogens with zero attached hydrogens (tertiary/aromatic N) is 1. The molecule has 1 saturated carbocycles. The predicted molar refractivity (Wildman–Crippen MR) is 87.9 cm³/mol. The Bertz CT molecular complexity index is 499. The average molecular weight is 289 g/mol. The van der Waals surface area contributed by atoms with Gasteiger partial charge in [0.25, 0.3) is 0 Å². The van der Waals surface area contributed by atoms with E-state index in [0.29, 0.717) is 19.2 Å². The lowest BCUT2D eigenvalue weighted by Gasteiger charge is -2.11. The van der Waals surface area contributed by atoms with Crippen molar-refractivity contribution in [3.05, 3.63) is 29.3 Å². The zero-order chi connectivity index (χ0) is 15.2. The molecule has 1 fully saturated rings. The van der Waals surface area contributed by atoms with Crippen LogP contribution in [-0.2, 0) is 6.54 Å². The van der Waals surface area contributed by atoms with E-state index in [0.717, 1.165) is 24.2 Å². The molecule has 1 aliphatic rings. The molecule has 0 spiro atoms. The van der Waals surface area contributed by atoms with Crippen LogP contribution in [0.15, 0.2) is 23.2 Å². The molecule has 0 radical (unpaired) electrons. The van der Waals surface area contributed by atoms with Gasteiger partial charge < -0.3 is 15.4 Å². The van der Waals surface area contributed by atoms with Crippen LogP contribution in [0.5, 0.6) is 5.75 Å². The number of hydrogen-bond donors (Lipinski definition) is 2. The molecule has 4 nitrogen and oxygen atoms in total. The van der Waals surface area contributed by atoms with Crippen molar-refractivity contribution in [2.75, 3.05) is 13.2 Å². The number of rotatable bonds is 6. The molecule has 0 aliphatic heterocycles. The molecular formula is C17H27N3O. The standard InChI is InChI=1S/C17H27N3O/c1-5-18-17(20-15-10-12(15)3)19-11-14-7-8-16(21-6-2)13(4)9-14/h7-9,12,15H,5-6,10-11H2,1-4H3,(H2,18,19,20). The van der Waals surface area contributed by atoms with Crippen LogP contribution >= 0.6 is 0 Å². The summed E-state index contributed by atoms with van der Waals surface area (Å²) in [6.07, 6.45) is 1.24. The van der Waals surface area contributed by atoms with Crippen LogP contribution in [0.2, 0.25) is 0 Å². The van der Waals surface area contributed by atoms with Crippen LogP contribution in [0.25, 0.3) is 0 Å². The Hall–Kier alpha value is -1.71. The van der Waals surface area contributed by atoms with Gasteiger partial charge in [0.15, 0.2) is 5.96 Å². The Morgan fingerprint density at radius 2 is 2.14 bits per heavy atom. The van der Waals surface area contributed by atoms with E-state index in [1.807, 2.05) is 13.0 Å². The normalized spacial score (nSPS) is 21.0. The smallest absolute Gasteiger partial charge is 0.191 e. The molecule has 21 heavy (non-hydrogen) atoms. The minimum Gasteiger partial charge on any atom is -0.494 e. The Morgan fingerprint density at radius 1 is 1.38 bits per heavy atom. The number of aliphatic imine (C=N–C) groups is 1. The third-order valence-corrected chi connectivity index (χ3v) is 3.73. The first-order valence-corrected chi connectivity index (χ1v) is 7.91. The number of aryl methyl sites for hydroxylation is 1. The lowest BCUT2D eigenvalue weighted by atomic mass is 10.1. The van der Waals surface area contributed by atoms with E-state index in [4.69, 9.17) is 4.74 Å². The largest absolute Gasteiger partial charge is 0.494 e. The Morgan fingerprint density at radius 3 is 2.71 bits per heavy atom. The quantitative estimate of drug-likeness (QED) is 0.625. The Balaban J connectivity index is 1.97. The molecular weight excluding hydrogens is 262 g/mol. The highest BCUT2D eigenvalue weighted by atomic mass is 16.5. The van der Waals surface area contributed by atoms with E-state index in [9.17, 15) is 0 Å². The summed E-state index contributed by atoms with van der Waals surface area (Å²) < 4.78 is 5.57. The number of ether oxygens (including phenoxy) is 1. The molecule has 1 aromatic carbocycles. The van der Waals surface area contributed by atoms with Gasteiger partial charge in [-0.3, -0.25) is 0 Å². The SMILES string of the molecule is CCNC(=NCc1ccc(OCC)c(C)c1)NC1CC1C. The summed E-state index contributed by atoms with van der Waals surface area (Å²) in [6, 6.07) is 6.86. The summed E-state index contributed by atoms with van der Waals surface area (Å²) in [4.78, 5) is 4.67. The summed E-state index contributed by atoms with van der Waals surface area (Å²) in [5.74, 6) is 2.64. The summed E-state index contributed by atoms with van der Waals surface area (Å²) in [6.45, 7) is 10.7. The van der Waals surface area contributed by atoms with E-state index < -0.39 is 0 Å². The van der Waals surface area contributed by atoms with E-state index in [-0.39, 0.29) is 0 Å². The molecule has 2 rings (SSSR count). The highest BCUT2D eigenvalue weighted by Crippen LogP contribution is 2.28. The summed E-state index contributed by atoms with van der Waals surface area (Å²) in [7, 11) is 0. The highest BCUT2D eigenvalue weighted by molar-refractivity contribution is 5.80. The second-order valence-corrected chi connectivity index (χ2v) is 5.69. The molecule has 0 bridgehead atoms. The maximum Gasteiger partial charge on any atom is 0.191 e. The molecule has 0 saturated heterocycles. The Kier molecular flexibility index (Phi) is 5.48. The second-order valence-electron chi connectivity index (χ2n) is 5.69. The van der Waals surface area contributed by atoms with Gasteiger partial charge in [-0.15, -0.1) is 0 Å². The molecule has 116 valence electrons. The van der Waals surface area contributed by atoms with E-state index in [1.54, 1.807) is 0 Å². The van der Waals surface area contributed by atoms with Gasteiger partial charge in [-0.25, -0.2) is 4.99 Å². The monoisotopic (exact) mass is 289 g/mol. The van der Waals surface area contributed by atoms with Crippen molar-refractivity contribution in [3.8, 4) is 5.75 Å². The minimum atomic E-state index is 0.588. The van der Waals surface area contributed by atoms with Crippen molar-refractivity contribution in [2.24, 2.45) is 10.9 Å². The van der Waals surface area contributed by atoms with Crippen LogP contribution in [0, 0.1) is 12.8 Å². The van der Waals surface area contributed by atoms with Crippen molar-refractivity contribution in [3.63, 3.8) is 0 Å². The zero-order valence-corrected chi connectivity index (χ0v) is 13.6. The van der Waals surface area contributed by atoms with Crippen LogP contribution in [0.1, 0.15) is 38.3 Å². The molecule has 0 aromatic heterocycles. The van der Waals surface area contributed by atoms with Crippen LogP contribution in [0.3, 0.4) is 0 Å². The molecule has 1 aliphatic carbocycles. The molecule has 0 heterocycles. The fourth-order valence-electron chi connectivity index (χ4n) is 2.32.